The standard InChI is InChI=1S/C48H36B2N2O2/c1-7-19-39(20-8-1)49(40-21-9-2-10-22-40)53-47-37(35-51-43-27-15-5-16-28-43)31-34-46-45(47)33-32-38(36-52-44-29-17-6-18-30-44)48(46)54-50(41-23-11-3-12-24-41)42-25-13-4-14-26-42/h1-36H. The van der Waals surface area contributed by atoms with Crippen LogP contribution in [0, 0.1) is 0 Å². The lowest BCUT2D eigenvalue weighted by Gasteiger charge is -2.23. The topological polar surface area (TPSA) is 43.2 Å². The minimum Gasteiger partial charge on any atom is -0.550 e. The summed E-state index contributed by atoms with van der Waals surface area (Å²) in [5.41, 5.74) is 7.59. The molecule has 0 amide bonds. The summed E-state index contributed by atoms with van der Waals surface area (Å²) in [7, 11) is 0. The summed E-state index contributed by atoms with van der Waals surface area (Å²) < 4.78 is 14.5. The van der Waals surface area contributed by atoms with E-state index in [4.69, 9.17) is 19.3 Å². The Bertz CT molecular complexity index is 2230. The summed E-state index contributed by atoms with van der Waals surface area (Å²) in [4.78, 5) is 9.74. The lowest BCUT2D eigenvalue weighted by molar-refractivity contribution is 0.591. The Labute approximate surface area is 317 Å². The highest BCUT2D eigenvalue weighted by Gasteiger charge is 2.28. The van der Waals surface area contributed by atoms with E-state index in [0.29, 0.717) is 11.5 Å². The molecule has 0 N–H and O–H groups in total. The third kappa shape index (κ3) is 7.94. The molecule has 0 unspecified atom stereocenters. The van der Waals surface area contributed by atoms with Gasteiger partial charge in [0.2, 0.25) is 0 Å². The molecule has 0 aromatic heterocycles. The van der Waals surface area contributed by atoms with Crippen molar-refractivity contribution < 1.29 is 9.31 Å². The first-order valence-electron chi connectivity index (χ1n) is 18.1. The highest BCUT2D eigenvalue weighted by molar-refractivity contribution is 6.81. The third-order valence-corrected chi connectivity index (χ3v) is 9.26. The Balaban J connectivity index is 1.34. The fourth-order valence-electron chi connectivity index (χ4n) is 6.57. The zero-order valence-corrected chi connectivity index (χ0v) is 29.7. The highest BCUT2D eigenvalue weighted by atomic mass is 16.4. The van der Waals surface area contributed by atoms with E-state index in [1.54, 1.807) is 0 Å². The lowest BCUT2D eigenvalue weighted by atomic mass is 9.55. The van der Waals surface area contributed by atoms with Crippen LogP contribution in [0.4, 0.5) is 11.4 Å². The van der Waals surface area contributed by atoms with Crippen LogP contribution in [0.1, 0.15) is 11.1 Å². The molecule has 0 spiro atoms. The van der Waals surface area contributed by atoms with Crippen LogP contribution >= 0.6 is 0 Å². The van der Waals surface area contributed by atoms with Gasteiger partial charge in [0.15, 0.2) is 0 Å². The van der Waals surface area contributed by atoms with Crippen LogP contribution in [-0.2, 0) is 0 Å². The van der Waals surface area contributed by atoms with Gasteiger partial charge >= 0.3 is 13.8 Å². The molecule has 0 radical (unpaired) electrons. The number of hydrogen-bond donors (Lipinski definition) is 0. The Morgan fingerprint density at radius 1 is 0.315 bits per heavy atom. The number of nitrogens with zero attached hydrogens (tertiary/aromatic N) is 2. The molecule has 8 aromatic rings. The second kappa shape index (κ2) is 16.6. The van der Waals surface area contributed by atoms with Crippen molar-refractivity contribution in [2.45, 2.75) is 0 Å². The van der Waals surface area contributed by atoms with Crippen LogP contribution in [0.5, 0.6) is 11.5 Å². The largest absolute Gasteiger partial charge is 0.550 e. The molecule has 0 aliphatic heterocycles. The van der Waals surface area contributed by atoms with Crippen molar-refractivity contribution in [3.63, 3.8) is 0 Å². The van der Waals surface area contributed by atoms with Crippen molar-refractivity contribution in [1.82, 2.24) is 0 Å². The Morgan fingerprint density at radius 2 is 0.593 bits per heavy atom. The van der Waals surface area contributed by atoms with Crippen LogP contribution in [-0.4, -0.2) is 26.3 Å². The van der Waals surface area contributed by atoms with Gasteiger partial charge in [-0.2, -0.15) is 0 Å². The van der Waals surface area contributed by atoms with Gasteiger partial charge in [-0.25, -0.2) is 0 Å². The molecule has 256 valence electrons. The SMILES string of the molecule is C(=Nc1ccccc1)c1ccc2c(OB(c3ccccc3)c3ccccc3)c(C=Nc3ccccc3)ccc2c1OB(c1ccccc1)c1ccccc1. The van der Waals surface area contributed by atoms with Crippen LogP contribution in [0.15, 0.2) is 216 Å². The molecule has 6 heteroatoms. The third-order valence-electron chi connectivity index (χ3n) is 9.26. The van der Waals surface area contributed by atoms with Gasteiger partial charge < -0.3 is 9.31 Å². The predicted octanol–water partition coefficient (Wildman–Crippen LogP) is 8.71. The Kier molecular flexibility index (Phi) is 10.5. The molecular formula is C48H36B2N2O2. The fraction of sp³-hybridized carbons (Fsp3) is 0. The first kappa shape index (κ1) is 34.2. The molecule has 8 rings (SSSR count). The van der Waals surface area contributed by atoms with Gasteiger partial charge in [-0.1, -0.05) is 158 Å². The second-order valence-corrected chi connectivity index (χ2v) is 12.9. The quantitative estimate of drug-likeness (QED) is 0.0949. The van der Waals surface area contributed by atoms with Gasteiger partial charge in [0, 0.05) is 34.3 Å². The molecular weight excluding hydrogens is 658 g/mol. The molecule has 0 heterocycles. The van der Waals surface area contributed by atoms with E-state index in [2.05, 4.69) is 72.8 Å². The minimum absolute atomic E-state index is 0.382. The van der Waals surface area contributed by atoms with Crippen LogP contribution in [0.25, 0.3) is 10.8 Å². The number of benzene rings is 8. The summed E-state index contributed by atoms with van der Waals surface area (Å²) in [5, 5.41) is 1.80. The van der Waals surface area contributed by atoms with Crippen molar-refractivity contribution >= 4 is 70.3 Å². The second-order valence-electron chi connectivity index (χ2n) is 12.9. The molecule has 8 aromatic carbocycles. The average Bonchev–Trinajstić information content (AvgIpc) is 3.25. The van der Waals surface area contributed by atoms with Gasteiger partial charge in [0.05, 0.1) is 11.4 Å². The van der Waals surface area contributed by atoms with E-state index in [1.165, 1.54) is 0 Å². The van der Waals surface area contributed by atoms with E-state index in [9.17, 15) is 0 Å². The first-order chi connectivity index (χ1) is 26.8. The molecule has 0 fully saturated rings. The Morgan fingerprint density at radius 3 is 0.889 bits per heavy atom. The molecule has 0 aliphatic rings. The number of hydrogen-bond acceptors (Lipinski definition) is 4. The summed E-state index contributed by atoms with van der Waals surface area (Å²) >= 11 is 0. The lowest BCUT2D eigenvalue weighted by Crippen LogP contribution is -2.48. The molecule has 0 saturated heterocycles. The smallest absolute Gasteiger partial charge is 0.426 e. The van der Waals surface area contributed by atoms with Crippen LogP contribution < -0.4 is 31.2 Å². The monoisotopic (exact) mass is 694 g/mol. The summed E-state index contributed by atoms with van der Waals surface area (Å²) in [6, 6.07) is 69.6. The van der Waals surface area contributed by atoms with E-state index in [-0.39, 0.29) is 13.8 Å². The van der Waals surface area contributed by atoms with E-state index < -0.39 is 0 Å². The van der Waals surface area contributed by atoms with Crippen molar-refractivity contribution in [3.05, 3.63) is 217 Å². The highest BCUT2D eigenvalue weighted by Crippen LogP contribution is 2.38. The average molecular weight is 694 g/mol. The number of para-hydroxylation sites is 2. The van der Waals surface area contributed by atoms with Gasteiger partial charge in [-0.05, 0) is 70.4 Å². The van der Waals surface area contributed by atoms with Crippen molar-refractivity contribution in [1.29, 1.82) is 0 Å². The number of aliphatic imine (C=N–C) groups is 2. The van der Waals surface area contributed by atoms with Gasteiger partial charge in [0.1, 0.15) is 11.5 Å². The van der Waals surface area contributed by atoms with E-state index in [0.717, 1.165) is 55.1 Å². The number of fused-ring (bicyclic) bond motifs is 1. The summed E-state index contributed by atoms with van der Waals surface area (Å²) in [6.45, 7) is -0.765. The normalized spacial score (nSPS) is 11.2. The predicted molar refractivity (Wildman–Crippen MR) is 228 cm³/mol. The summed E-state index contributed by atoms with van der Waals surface area (Å²) in [6.07, 6.45) is 3.78. The molecule has 4 nitrogen and oxygen atoms in total. The van der Waals surface area contributed by atoms with E-state index >= 15 is 0 Å². The maximum atomic E-state index is 7.24. The van der Waals surface area contributed by atoms with Gasteiger partial charge in [0.25, 0.3) is 0 Å². The maximum Gasteiger partial charge on any atom is 0.426 e. The molecule has 0 saturated carbocycles. The maximum absolute atomic E-state index is 7.24. The molecule has 0 atom stereocenters. The summed E-state index contributed by atoms with van der Waals surface area (Å²) in [5.74, 6) is 1.41. The molecule has 54 heavy (non-hydrogen) atoms. The zero-order chi connectivity index (χ0) is 36.4. The minimum atomic E-state index is -0.382. The van der Waals surface area contributed by atoms with Crippen molar-refractivity contribution in [2.75, 3.05) is 0 Å². The van der Waals surface area contributed by atoms with Crippen LogP contribution in [0.3, 0.4) is 0 Å². The molecule has 0 aliphatic carbocycles. The van der Waals surface area contributed by atoms with E-state index in [1.807, 2.05) is 146 Å². The Hall–Kier alpha value is -6.91. The van der Waals surface area contributed by atoms with Gasteiger partial charge in [-0.3, -0.25) is 9.98 Å². The van der Waals surface area contributed by atoms with Crippen molar-refractivity contribution in [3.8, 4) is 11.5 Å². The molecule has 0 bridgehead atoms. The first-order valence-corrected chi connectivity index (χ1v) is 18.1. The number of rotatable bonds is 12. The van der Waals surface area contributed by atoms with Crippen LogP contribution in [0.2, 0.25) is 0 Å². The fourth-order valence-corrected chi connectivity index (χ4v) is 6.57. The zero-order valence-electron chi connectivity index (χ0n) is 29.7. The van der Waals surface area contributed by atoms with Crippen molar-refractivity contribution in [2.24, 2.45) is 9.98 Å². The van der Waals surface area contributed by atoms with Gasteiger partial charge in [-0.15, -0.1) is 0 Å².